The van der Waals surface area contributed by atoms with E-state index < -0.39 is 20.0 Å². The molecule has 0 radical (unpaired) electrons. The number of sulfonamides is 2. The van der Waals surface area contributed by atoms with Gasteiger partial charge in [-0.2, -0.15) is 0 Å². The summed E-state index contributed by atoms with van der Waals surface area (Å²) in [7, 11) is -7.28. The third kappa shape index (κ3) is 3.51. The van der Waals surface area contributed by atoms with Gasteiger partial charge in [-0.25, -0.2) is 16.8 Å². The van der Waals surface area contributed by atoms with Gasteiger partial charge < -0.3 is 0 Å². The smallest absolute Gasteiger partial charge is 0.212 e. The van der Waals surface area contributed by atoms with Gasteiger partial charge in [0.1, 0.15) is 0 Å². The van der Waals surface area contributed by atoms with E-state index in [2.05, 4.69) is 0 Å². The SMILES string of the molecule is CCCN(S(C)(=O)=O)S(C)(=O)=O. The highest BCUT2D eigenvalue weighted by Crippen LogP contribution is 2.05. The van der Waals surface area contributed by atoms with E-state index in [4.69, 9.17) is 0 Å². The number of hydrogen-bond donors (Lipinski definition) is 0. The Morgan fingerprint density at radius 3 is 1.42 bits per heavy atom. The summed E-state index contributed by atoms with van der Waals surface area (Å²) in [4.78, 5) is 0. The van der Waals surface area contributed by atoms with Gasteiger partial charge in [0, 0.05) is 6.54 Å². The fourth-order valence-electron chi connectivity index (χ4n) is 0.760. The normalized spacial score (nSPS) is 13.7. The first-order valence-corrected chi connectivity index (χ1v) is 7.07. The van der Waals surface area contributed by atoms with Crippen LogP contribution in [0.4, 0.5) is 0 Å². The molecule has 0 aromatic carbocycles. The molecule has 0 N–H and O–H groups in total. The van der Waals surface area contributed by atoms with Crippen LogP contribution in [0.3, 0.4) is 0 Å². The molecular weight excluding hydrogens is 202 g/mol. The predicted octanol–water partition coefficient (Wildman–Crippen LogP) is -0.382. The first-order valence-electron chi connectivity index (χ1n) is 3.37. The molecule has 5 nitrogen and oxygen atoms in total. The molecule has 7 heteroatoms. The first-order chi connectivity index (χ1) is 5.19. The van der Waals surface area contributed by atoms with Crippen LogP contribution >= 0.6 is 0 Å². The lowest BCUT2D eigenvalue weighted by Gasteiger charge is -2.15. The molecule has 0 aromatic rings. The van der Waals surface area contributed by atoms with Crippen molar-refractivity contribution < 1.29 is 16.8 Å². The summed E-state index contributed by atoms with van der Waals surface area (Å²) in [5.74, 6) is 0. The van der Waals surface area contributed by atoms with Crippen molar-refractivity contribution in [3.8, 4) is 0 Å². The van der Waals surface area contributed by atoms with Gasteiger partial charge in [-0.3, -0.25) is 0 Å². The van der Waals surface area contributed by atoms with Crippen molar-refractivity contribution in [2.24, 2.45) is 0 Å². The van der Waals surface area contributed by atoms with Gasteiger partial charge in [-0.05, 0) is 6.42 Å². The van der Waals surface area contributed by atoms with Gasteiger partial charge in [0.05, 0.1) is 12.5 Å². The van der Waals surface area contributed by atoms with Crippen molar-refractivity contribution in [2.75, 3.05) is 19.1 Å². The summed E-state index contributed by atoms with van der Waals surface area (Å²) in [5.41, 5.74) is 0. The molecule has 0 saturated carbocycles. The molecule has 0 unspecified atom stereocenters. The van der Waals surface area contributed by atoms with Crippen LogP contribution in [0.5, 0.6) is 0 Å². The molecule has 0 aliphatic heterocycles. The van der Waals surface area contributed by atoms with E-state index in [1.54, 1.807) is 6.92 Å². The molecule has 0 aromatic heterocycles. The molecule has 0 atom stereocenters. The van der Waals surface area contributed by atoms with E-state index in [-0.39, 0.29) is 6.54 Å². The monoisotopic (exact) mass is 215 g/mol. The molecule has 0 aliphatic carbocycles. The Balaban J connectivity index is 4.97. The van der Waals surface area contributed by atoms with Gasteiger partial charge in [0.25, 0.3) is 0 Å². The van der Waals surface area contributed by atoms with Gasteiger partial charge >= 0.3 is 0 Å². The van der Waals surface area contributed by atoms with Crippen LogP contribution in [-0.2, 0) is 20.0 Å². The summed E-state index contributed by atoms with van der Waals surface area (Å²) in [6.45, 7) is 1.72. The van der Waals surface area contributed by atoms with Crippen molar-refractivity contribution in [2.45, 2.75) is 13.3 Å². The molecule has 12 heavy (non-hydrogen) atoms. The second-order valence-electron chi connectivity index (χ2n) is 2.52. The number of hydrogen-bond acceptors (Lipinski definition) is 4. The molecule has 0 heterocycles. The molecular formula is C5H13NO4S2. The highest BCUT2D eigenvalue weighted by atomic mass is 32.3. The maximum absolute atomic E-state index is 10.9. The molecule has 0 rings (SSSR count). The molecule has 74 valence electrons. The van der Waals surface area contributed by atoms with E-state index in [0.29, 0.717) is 10.1 Å². The topological polar surface area (TPSA) is 71.5 Å². The lowest BCUT2D eigenvalue weighted by Crippen LogP contribution is -2.35. The van der Waals surface area contributed by atoms with Crippen molar-refractivity contribution in [1.82, 2.24) is 3.71 Å². The molecule has 0 fully saturated rings. The van der Waals surface area contributed by atoms with Crippen LogP contribution in [-0.4, -0.2) is 39.6 Å². The Morgan fingerprint density at radius 1 is 1.00 bits per heavy atom. The third-order valence-electron chi connectivity index (χ3n) is 1.15. The van der Waals surface area contributed by atoms with Crippen LogP contribution in [0.15, 0.2) is 0 Å². The van der Waals surface area contributed by atoms with Gasteiger partial charge in [-0.1, -0.05) is 10.6 Å². The summed E-state index contributed by atoms with van der Waals surface area (Å²) >= 11 is 0. The lowest BCUT2D eigenvalue weighted by molar-refractivity contribution is 0.503. The fourth-order valence-corrected chi connectivity index (χ4v) is 3.76. The van der Waals surface area contributed by atoms with Crippen LogP contribution in [0, 0.1) is 0 Å². The minimum Gasteiger partial charge on any atom is -0.212 e. The molecule has 0 amide bonds. The summed E-state index contributed by atoms with van der Waals surface area (Å²) in [5, 5.41) is 0. The first kappa shape index (κ1) is 11.9. The second-order valence-corrected chi connectivity index (χ2v) is 6.57. The number of nitrogens with zero attached hydrogens (tertiary/aromatic N) is 1. The zero-order chi connectivity index (χ0) is 9.99. The van der Waals surface area contributed by atoms with E-state index in [1.807, 2.05) is 0 Å². The van der Waals surface area contributed by atoms with Crippen molar-refractivity contribution in [1.29, 1.82) is 0 Å². The van der Waals surface area contributed by atoms with Gasteiger partial charge in [0.2, 0.25) is 20.0 Å². The van der Waals surface area contributed by atoms with Crippen molar-refractivity contribution in [3.05, 3.63) is 0 Å². The standard InChI is InChI=1S/C5H13NO4S2/c1-4-5-6(11(2,7)8)12(3,9)10/h4-5H2,1-3H3. The average molecular weight is 215 g/mol. The third-order valence-corrected chi connectivity index (χ3v) is 4.62. The molecule has 0 bridgehead atoms. The van der Waals surface area contributed by atoms with E-state index in [9.17, 15) is 16.8 Å². The lowest BCUT2D eigenvalue weighted by atomic mass is 10.5. The van der Waals surface area contributed by atoms with E-state index in [1.165, 1.54) is 0 Å². The number of rotatable bonds is 4. The summed E-state index contributed by atoms with van der Waals surface area (Å²) in [6.07, 6.45) is 2.23. The van der Waals surface area contributed by atoms with Gasteiger partial charge in [-0.15, -0.1) is 0 Å². The van der Waals surface area contributed by atoms with Crippen molar-refractivity contribution >= 4 is 20.0 Å². The Kier molecular flexibility index (Phi) is 3.67. The molecule has 0 aliphatic rings. The fraction of sp³-hybridized carbons (Fsp3) is 1.00. The Morgan fingerprint density at radius 2 is 1.33 bits per heavy atom. The maximum atomic E-state index is 10.9. The van der Waals surface area contributed by atoms with Crippen LogP contribution in [0.25, 0.3) is 0 Å². The second kappa shape index (κ2) is 3.71. The van der Waals surface area contributed by atoms with Crippen LogP contribution < -0.4 is 0 Å². The Bertz CT molecular complexity index is 296. The van der Waals surface area contributed by atoms with Crippen LogP contribution in [0.2, 0.25) is 0 Å². The Labute approximate surface area is 73.5 Å². The minimum absolute atomic E-state index is 0.0116. The van der Waals surface area contributed by atoms with Crippen molar-refractivity contribution in [3.63, 3.8) is 0 Å². The minimum atomic E-state index is -3.64. The summed E-state index contributed by atoms with van der Waals surface area (Å²) in [6, 6.07) is 0. The van der Waals surface area contributed by atoms with E-state index in [0.717, 1.165) is 12.5 Å². The molecule has 0 saturated heterocycles. The molecule has 0 spiro atoms. The zero-order valence-corrected chi connectivity index (χ0v) is 8.94. The van der Waals surface area contributed by atoms with Gasteiger partial charge in [0.15, 0.2) is 0 Å². The maximum Gasteiger partial charge on any atom is 0.224 e. The Hall–Kier alpha value is -0.140. The highest BCUT2D eigenvalue weighted by Gasteiger charge is 2.25. The zero-order valence-electron chi connectivity index (χ0n) is 7.31. The van der Waals surface area contributed by atoms with Crippen LogP contribution in [0.1, 0.15) is 13.3 Å². The summed E-state index contributed by atoms with van der Waals surface area (Å²) < 4.78 is 44.2. The predicted molar refractivity (Wildman–Crippen MR) is 46.7 cm³/mol. The highest BCUT2D eigenvalue weighted by molar-refractivity contribution is 8.03. The van der Waals surface area contributed by atoms with E-state index >= 15 is 0 Å². The largest absolute Gasteiger partial charge is 0.224 e. The average Bonchev–Trinajstić information content (AvgIpc) is 1.77. The quantitative estimate of drug-likeness (QED) is 0.640.